The molecule has 1 aliphatic carbocycles. The normalized spacial score (nSPS) is 25.0. The highest BCUT2D eigenvalue weighted by atomic mass is 35.5. The predicted octanol–water partition coefficient (Wildman–Crippen LogP) is 4.96. The second kappa shape index (κ2) is 6.10. The van der Waals surface area contributed by atoms with Crippen LogP contribution in [0.4, 0.5) is 0 Å². The van der Waals surface area contributed by atoms with E-state index < -0.39 is 0 Å². The molecule has 0 bridgehead atoms. The Kier molecular flexibility index (Phi) is 4.37. The second-order valence-corrected chi connectivity index (χ2v) is 7.02. The molecule has 2 fully saturated rings. The molecule has 0 aromatic heterocycles. The van der Waals surface area contributed by atoms with Crippen molar-refractivity contribution in [2.45, 2.75) is 57.5 Å². The zero-order valence-electron chi connectivity index (χ0n) is 12.7. The number of ketones is 1. The van der Waals surface area contributed by atoms with Crippen LogP contribution in [0.15, 0.2) is 18.2 Å². The Bertz CT molecular complexity index is 527. The zero-order chi connectivity index (χ0) is 14.9. The van der Waals surface area contributed by atoms with Gasteiger partial charge in [-0.05, 0) is 44.2 Å². The summed E-state index contributed by atoms with van der Waals surface area (Å²) in [6.45, 7) is 2.68. The number of carbonyl (C=O) groups is 1. The molecule has 1 saturated heterocycles. The monoisotopic (exact) mass is 306 g/mol. The van der Waals surface area contributed by atoms with E-state index in [2.05, 4.69) is 0 Å². The first-order valence-electron chi connectivity index (χ1n) is 8.04. The van der Waals surface area contributed by atoms with E-state index in [1.807, 2.05) is 25.1 Å². The minimum Gasteiger partial charge on any atom is -0.375 e. The van der Waals surface area contributed by atoms with E-state index in [9.17, 15) is 4.79 Å². The molecule has 1 aliphatic heterocycles. The van der Waals surface area contributed by atoms with E-state index >= 15 is 0 Å². The van der Waals surface area contributed by atoms with Gasteiger partial charge in [0.05, 0.1) is 5.60 Å². The van der Waals surface area contributed by atoms with E-state index in [0.29, 0.717) is 5.02 Å². The molecule has 0 amide bonds. The summed E-state index contributed by atoms with van der Waals surface area (Å²) in [4.78, 5) is 12.8. The molecule has 1 heterocycles. The molecule has 1 unspecified atom stereocenters. The molecule has 114 valence electrons. The van der Waals surface area contributed by atoms with Crippen LogP contribution in [0.5, 0.6) is 0 Å². The highest BCUT2D eigenvalue weighted by Gasteiger charge is 2.40. The van der Waals surface area contributed by atoms with Crippen molar-refractivity contribution in [3.8, 4) is 0 Å². The van der Waals surface area contributed by atoms with Crippen molar-refractivity contribution in [3.05, 3.63) is 34.3 Å². The number of benzene rings is 1. The lowest BCUT2D eigenvalue weighted by atomic mass is 9.74. The Hall–Kier alpha value is -0.860. The van der Waals surface area contributed by atoms with E-state index in [-0.39, 0.29) is 17.3 Å². The number of halogens is 1. The average Bonchev–Trinajstić information content (AvgIpc) is 2.50. The van der Waals surface area contributed by atoms with Crippen LogP contribution in [0.3, 0.4) is 0 Å². The van der Waals surface area contributed by atoms with Crippen LogP contribution in [0.1, 0.15) is 60.9 Å². The molecule has 0 radical (unpaired) electrons. The maximum Gasteiger partial charge on any atom is 0.166 e. The molecule has 2 aliphatic rings. The van der Waals surface area contributed by atoms with Crippen molar-refractivity contribution in [2.75, 3.05) is 6.61 Å². The second-order valence-electron chi connectivity index (χ2n) is 6.61. The fourth-order valence-electron chi connectivity index (χ4n) is 3.78. The molecule has 1 spiro atoms. The summed E-state index contributed by atoms with van der Waals surface area (Å²) in [6, 6.07) is 5.67. The molecule has 0 N–H and O–H groups in total. The van der Waals surface area contributed by atoms with Crippen LogP contribution in [0.2, 0.25) is 5.02 Å². The summed E-state index contributed by atoms with van der Waals surface area (Å²) in [5, 5.41) is 0.681. The summed E-state index contributed by atoms with van der Waals surface area (Å²) in [5.41, 5.74) is 1.75. The fourth-order valence-corrected chi connectivity index (χ4v) is 3.96. The van der Waals surface area contributed by atoms with Gasteiger partial charge in [-0.1, -0.05) is 43.0 Å². The van der Waals surface area contributed by atoms with E-state index in [4.69, 9.17) is 16.3 Å². The SMILES string of the molecule is Cc1ccc(C(=O)C2CCOC3(CCCCC3)C2)cc1Cl. The lowest BCUT2D eigenvalue weighted by Crippen LogP contribution is -2.43. The molecule has 1 aromatic rings. The number of carbonyl (C=O) groups excluding carboxylic acids is 1. The molecule has 2 nitrogen and oxygen atoms in total. The third-order valence-corrected chi connectivity index (χ3v) is 5.49. The van der Waals surface area contributed by atoms with Crippen LogP contribution >= 0.6 is 11.6 Å². The topological polar surface area (TPSA) is 26.3 Å². The van der Waals surface area contributed by atoms with Crippen molar-refractivity contribution < 1.29 is 9.53 Å². The number of hydrogen-bond acceptors (Lipinski definition) is 2. The third-order valence-electron chi connectivity index (χ3n) is 5.08. The summed E-state index contributed by atoms with van der Waals surface area (Å²) < 4.78 is 6.09. The van der Waals surface area contributed by atoms with Gasteiger partial charge in [-0.25, -0.2) is 0 Å². The number of Topliss-reactive ketones (excluding diaryl/α,β-unsaturated/α-hetero) is 1. The maximum atomic E-state index is 12.8. The van der Waals surface area contributed by atoms with Crippen LogP contribution in [0.25, 0.3) is 0 Å². The number of hydrogen-bond donors (Lipinski definition) is 0. The minimum atomic E-state index is -0.0225. The summed E-state index contributed by atoms with van der Waals surface area (Å²) >= 11 is 6.16. The first-order chi connectivity index (χ1) is 10.1. The largest absolute Gasteiger partial charge is 0.375 e. The van der Waals surface area contributed by atoms with Crippen molar-refractivity contribution in [1.29, 1.82) is 0 Å². The Labute approximate surface area is 131 Å². The average molecular weight is 307 g/mol. The van der Waals surface area contributed by atoms with Crippen LogP contribution in [0, 0.1) is 12.8 Å². The van der Waals surface area contributed by atoms with Gasteiger partial charge in [-0.3, -0.25) is 4.79 Å². The minimum absolute atomic E-state index is 0.0225. The predicted molar refractivity (Wildman–Crippen MR) is 85.0 cm³/mol. The lowest BCUT2D eigenvalue weighted by Gasteiger charge is -2.43. The molecule has 3 rings (SSSR count). The van der Waals surface area contributed by atoms with Crippen molar-refractivity contribution in [3.63, 3.8) is 0 Å². The van der Waals surface area contributed by atoms with Crippen molar-refractivity contribution in [1.82, 2.24) is 0 Å². The van der Waals surface area contributed by atoms with Gasteiger partial charge in [0.2, 0.25) is 0 Å². The summed E-state index contributed by atoms with van der Waals surface area (Å²) in [6.07, 6.45) is 7.73. The van der Waals surface area contributed by atoms with Crippen molar-refractivity contribution in [2.24, 2.45) is 5.92 Å². The summed E-state index contributed by atoms with van der Waals surface area (Å²) in [7, 11) is 0. The van der Waals surface area contributed by atoms with E-state index in [1.165, 1.54) is 19.3 Å². The smallest absolute Gasteiger partial charge is 0.166 e. The van der Waals surface area contributed by atoms with Crippen LogP contribution < -0.4 is 0 Å². The third kappa shape index (κ3) is 3.17. The molecule has 1 saturated carbocycles. The first-order valence-corrected chi connectivity index (χ1v) is 8.42. The Morgan fingerprint density at radius 3 is 2.76 bits per heavy atom. The van der Waals surface area contributed by atoms with Gasteiger partial charge < -0.3 is 4.74 Å². The van der Waals surface area contributed by atoms with Gasteiger partial charge in [-0.2, -0.15) is 0 Å². The Morgan fingerprint density at radius 2 is 2.05 bits per heavy atom. The molecule has 1 atom stereocenters. The highest BCUT2D eigenvalue weighted by molar-refractivity contribution is 6.31. The van der Waals surface area contributed by atoms with Crippen molar-refractivity contribution >= 4 is 17.4 Å². The van der Waals surface area contributed by atoms with E-state index in [0.717, 1.165) is 43.4 Å². The van der Waals surface area contributed by atoms with Crippen LogP contribution in [-0.2, 0) is 4.74 Å². The van der Waals surface area contributed by atoms with Gasteiger partial charge in [0, 0.05) is 23.1 Å². The van der Waals surface area contributed by atoms with E-state index in [1.54, 1.807) is 0 Å². The molecule has 21 heavy (non-hydrogen) atoms. The first kappa shape index (κ1) is 15.1. The quantitative estimate of drug-likeness (QED) is 0.722. The number of rotatable bonds is 2. The lowest BCUT2D eigenvalue weighted by molar-refractivity contribution is -0.111. The standard InChI is InChI=1S/C18H23ClO2/c1-13-5-6-14(11-16(13)19)17(20)15-7-10-21-18(12-15)8-3-2-4-9-18/h5-6,11,15H,2-4,7-10,12H2,1H3. The number of ether oxygens (including phenoxy) is 1. The molecular weight excluding hydrogens is 284 g/mol. The zero-order valence-corrected chi connectivity index (χ0v) is 13.4. The molecule has 1 aromatic carbocycles. The van der Waals surface area contributed by atoms with Crippen LogP contribution in [-0.4, -0.2) is 18.0 Å². The summed E-state index contributed by atoms with van der Waals surface area (Å²) in [5.74, 6) is 0.334. The van der Waals surface area contributed by atoms with Gasteiger partial charge in [0.25, 0.3) is 0 Å². The molecular formula is C18H23ClO2. The van der Waals surface area contributed by atoms with Gasteiger partial charge in [0.1, 0.15) is 0 Å². The maximum absolute atomic E-state index is 12.8. The van der Waals surface area contributed by atoms with Gasteiger partial charge >= 0.3 is 0 Å². The van der Waals surface area contributed by atoms with Gasteiger partial charge in [0.15, 0.2) is 5.78 Å². The Morgan fingerprint density at radius 1 is 1.29 bits per heavy atom. The number of aryl methyl sites for hydroxylation is 1. The fraction of sp³-hybridized carbons (Fsp3) is 0.611. The highest BCUT2D eigenvalue weighted by Crippen LogP contribution is 2.41. The Balaban J connectivity index is 1.76. The van der Waals surface area contributed by atoms with Gasteiger partial charge in [-0.15, -0.1) is 0 Å². The molecule has 3 heteroatoms.